The first kappa shape index (κ1) is 12.3. The van der Waals surface area contributed by atoms with Gasteiger partial charge in [0.25, 0.3) is 0 Å². The first-order valence-corrected chi connectivity index (χ1v) is 4.99. The summed E-state index contributed by atoms with van der Waals surface area (Å²) in [5.41, 5.74) is 0. The molecule has 0 aromatic carbocycles. The van der Waals surface area contributed by atoms with Crippen LogP contribution in [0.1, 0.15) is 26.2 Å². The molecule has 0 bridgehead atoms. The van der Waals surface area contributed by atoms with Crippen LogP contribution in [0.4, 0.5) is 13.2 Å². The van der Waals surface area contributed by atoms with E-state index < -0.39 is 18.6 Å². The zero-order valence-corrected chi connectivity index (χ0v) is 8.53. The Labute approximate surface area is 86.4 Å². The van der Waals surface area contributed by atoms with Crippen molar-refractivity contribution in [2.75, 3.05) is 6.54 Å². The molecule has 0 aromatic rings. The molecular weight excluding hydrogens is 209 g/mol. The molecule has 15 heavy (non-hydrogen) atoms. The molecule has 6 heteroatoms. The Morgan fingerprint density at radius 1 is 1.60 bits per heavy atom. The number of rotatable bonds is 3. The lowest BCUT2D eigenvalue weighted by atomic mass is 10.2. The topological polar surface area (TPSA) is 41.1 Å². The number of alkyl halides is 3. The maximum absolute atomic E-state index is 12.0. The molecule has 0 aromatic heterocycles. The van der Waals surface area contributed by atoms with Gasteiger partial charge in [0.1, 0.15) is 0 Å². The Morgan fingerprint density at radius 2 is 2.27 bits per heavy atom. The van der Waals surface area contributed by atoms with Crippen LogP contribution in [0, 0.1) is 0 Å². The van der Waals surface area contributed by atoms with E-state index in [1.54, 1.807) is 0 Å². The Hall–Kier alpha value is -0.780. The van der Waals surface area contributed by atoms with Gasteiger partial charge >= 0.3 is 6.18 Å². The number of halogens is 3. The van der Waals surface area contributed by atoms with E-state index in [0.717, 1.165) is 13.0 Å². The van der Waals surface area contributed by atoms with Gasteiger partial charge in [0.15, 0.2) is 0 Å². The number of nitrogens with one attached hydrogen (secondary N) is 2. The molecule has 0 saturated carbocycles. The first-order chi connectivity index (χ1) is 6.88. The average Bonchev–Trinajstić information content (AvgIpc) is 2.50. The van der Waals surface area contributed by atoms with Gasteiger partial charge in [-0.1, -0.05) is 0 Å². The largest absolute Gasteiger partial charge is 0.391 e. The second kappa shape index (κ2) is 4.83. The number of carbonyl (C=O) groups is 1. The van der Waals surface area contributed by atoms with Gasteiger partial charge in [0.2, 0.25) is 5.91 Å². The molecule has 2 atom stereocenters. The van der Waals surface area contributed by atoms with Crippen molar-refractivity contribution in [1.82, 2.24) is 10.6 Å². The normalized spacial score (nSPS) is 23.9. The minimum atomic E-state index is -4.23. The van der Waals surface area contributed by atoms with Gasteiger partial charge in [0.05, 0.1) is 12.5 Å². The summed E-state index contributed by atoms with van der Waals surface area (Å²) in [4.78, 5) is 11.4. The zero-order valence-electron chi connectivity index (χ0n) is 8.53. The van der Waals surface area contributed by atoms with Crippen LogP contribution in [0.2, 0.25) is 0 Å². The molecule has 1 saturated heterocycles. The van der Waals surface area contributed by atoms with E-state index in [0.29, 0.717) is 6.42 Å². The van der Waals surface area contributed by atoms with E-state index in [2.05, 4.69) is 10.6 Å². The highest BCUT2D eigenvalue weighted by Gasteiger charge is 2.31. The Morgan fingerprint density at radius 3 is 2.73 bits per heavy atom. The average molecular weight is 224 g/mol. The summed E-state index contributed by atoms with van der Waals surface area (Å²) >= 11 is 0. The van der Waals surface area contributed by atoms with Gasteiger partial charge in [-0.25, -0.2) is 0 Å². The van der Waals surface area contributed by atoms with Crippen LogP contribution in [0.25, 0.3) is 0 Å². The van der Waals surface area contributed by atoms with Crippen LogP contribution in [-0.4, -0.2) is 30.7 Å². The summed E-state index contributed by atoms with van der Waals surface area (Å²) in [6.45, 7) is 2.12. The van der Waals surface area contributed by atoms with Crippen molar-refractivity contribution in [2.24, 2.45) is 0 Å². The molecule has 88 valence electrons. The fourth-order valence-electron chi connectivity index (χ4n) is 1.65. The van der Waals surface area contributed by atoms with Crippen LogP contribution in [0.15, 0.2) is 0 Å². The summed E-state index contributed by atoms with van der Waals surface area (Å²) in [6.07, 6.45) is -3.61. The lowest BCUT2D eigenvalue weighted by molar-refractivity contribution is -0.141. The van der Waals surface area contributed by atoms with Crippen LogP contribution >= 0.6 is 0 Å². The van der Waals surface area contributed by atoms with Crippen molar-refractivity contribution in [3.05, 3.63) is 0 Å². The first-order valence-electron chi connectivity index (χ1n) is 4.99. The number of carbonyl (C=O) groups excluding carboxylic acids is 1. The van der Waals surface area contributed by atoms with Crippen molar-refractivity contribution >= 4 is 5.91 Å². The zero-order chi connectivity index (χ0) is 11.5. The van der Waals surface area contributed by atoms with Gasteiger partial charge in [-0.3, -0.25) is 4.79 Å². The third-order valence-electron chi connectivity index (χ3n) is 2.30. The van der Waals surface area contributed by atoms with Crippen molar-refractivity contribution in [1.29, 1.82) is 0 Å². The van der Waals surface area contributed by atoms with Gasteiger partial charge in [-0.05, 0) is 26.3 Å². The lowest BCUT2D eigenvalue weighted by Crippen LogP contribution is -2.45. The maximum Gasteiger partial charge on any atom is 0.391 e. The van der Waals surface area contributed by atoms with Crippen LogP contribution in [0.3, 0.4) is 0 Å². The molecule has 0 aliphatic carbocycles. The number of hydrogen-bond acceptors (Lipinski definition) is 2. The SMILES string of the molecule is CC(CC(F)(F)F)NC(=O)C1CCCN1. The summed E-state index contributed by atoms with van der Waals surface area (Å²) < 4.78 is 35.9. The third-order valence-corrected chi connectivity index (χ3v) is 2.30. The summed E-state index contributed by atoms with van der Waals surface area (Å²) in [5.74, 6) is -0.329. The molecule has 1 amide bonds. The van der Waals surface area contributed by atoms with E-state index in [1.807, 2.05) is 0 Å². The Kier molecular flexibility index (Phi) is 3.96. The predicted octanol–water partition coefficient (Wildman–Crippen LogP) is 1.20. The monoisotopic (exact) mass is 224 g/mol. The second-order valence-corrected chi connectivity index (χ2v) is 3.88. The van der Waals surface area contributed by atoms with E-state index >= 15 is 0 Å². The minimum absolute atomic E-state index is 0.319. The third kappa shape index (κ3) is 4.51. The Balaban J connectivity index is 2.30. The minimum Gasteiger partial charge on any atom is -0.352 e. The van der Waals surface area contributed by atoms with Crippen molar-refractivity contribution < 1.29 is 18.0 Å². The molecule has 1 aliphatic rings. The summed E-state index contributed by atoms with van der Waals surface area (Å²) in [7, 11) is 0. The van der Waals surface area contributed by atoms with Crippen molar-refractivity contribution in [2.45, 2.75) is 44.4 Å². The van der Waals surface area contributed by atoms with Gasteiger partial charge in [-0.2, -0.15) is 13.2 Å². The Bertz CT molecular complexity index is 224. The molecule has 2 N–H and O–H groups in total. The lowest BCUT2D eigenvalue weighted by Gasteiger charge is -2.18. The van der Waals surface area contributed by atoms with E-state index in [-0.39, 0.29) is 11.9 Å². The van der Waals surface area contributed by atoms with E-state index in [4.69, 9.17) is 0 Å². The highest BCUT2D eigenvalue weighted by molar-refractivity contribution is 5.82. The van der Waals surface area contributed by atoms with Gasteiger partial charge in [-0.15, -0.1) is 0 Å². The van der Waals surface area contributed by atoms with E-state index in [1.165, 1.54) is 6.92 Å². The van der Waals surface area contributed by atoms with Gasteiger partial charge < -0.3 is 10.6 Å². The maximum atomic E-state index is 12.0. The molecule has 1 aliphatic heterocycles. The van der Waals surface area contributed by atoms with Crippen LogP contribution < -0.4 is 10.6 Å². The molecule has 0 radical (unpaired) electrons. The van der Waals surface area contributed by atoms with E-state index in [9.17, 15) is 18.0 Å². The number of amides is 1. The molecule has 3 nitrogen and oxygen atoms in total. The van der Waals surface area contributed by atoms with Crippen molar-refractivity contribution in [3.8, 4) is 0 Å². The number of hydrogen-bond donors (Lipinski definition) is 2. The van der Waals surface area contributed by atoms with Gasteiger partial charge in [0, 0.05) is 6.04 Å². The summed E-state index contributed by atoms with van der Waals surface area (Å²) in [6, 6.07) is -1.18. The standard InChI is InChI=1S/C9H15F3N2O/c1-6(5-9(10,11)12)14-8(15)7-3-2-4-13-7/h6-7,13H,2-5H2,1H3,(H,14,15). The predicted molar refractivity (Wildman–Crippen MR) is 49.3 cm³/mol. The smallest absolute Gasteiger partial charge is 0.352 e. The van der Waals surface area contributed by atoms with Crippen molar-refractivity contribution in [3.63, 3.8) is 0 Å². The molecule has 1 heterocycles. The summed E-state index contributed by atoms with van der Waals surface area (Å²) in [5, 5.41) is 5.29. The fraction of sp³-hybridized carbons (Fsp3) is 0.889. The second-order valence-electron chi connectivity index (χ2n) is 3.88. The molecular formula is C9H15F3N2O. The fourth-order valence-corrected chi connectivity index (χ4v) is 1.65. The quantitative estimate of drug-likeness (QED) is 0.756. The molecule has 2 unspecified atom stereocenters. The highest BCUT2D eigenvalue weighted by atomic mass is 19.4. The molecule has 1 fully saturated rings. The van der Waals surface area contributed by atoms with Crippen LogP contribution in [0.5, 0.6) is 0 Å². The molecule has 1 rings (SSSR count). The highest BCUT2D eigenvalue weighted by Crippen LogP contribution is 2.21. The molecule has 0 spiro atoms. The van der Waals surface area contributed by atoms with Crippen LogP contribution in [-0.2, 0) is 4.79 Å².